The van der Waals surface area contributed by atoms with E-state index in [-0.39, 0.29) is 16.7 Å². The van der Waals surface area contributed by atoms with Crippen LogP contribution in [0.3, 0.4) is 0 Å². The molecule has 5 N–H and O–H groups in total. The van der Waals surface area contributed by atoms with E-state index >= 15 is 0 Å². The molecule has 13 heteroatoms. The highest BCUT2D eigenvalue weighted by Crippen LogP contribution is 2.54. The van der Waals surface area contributed by atoms with Crippen molar-refractivity contribution in [3.63, 3.8) is 0 Å². The van der Waals surface area contributed by atoms with Crippen molar-refractivity contribution >= 4 is 41.2 Å². The number of rotatable bonds is 4. The highest BCUT2D eigenvalue weighted by molar-refractivity contribution is 6.32. The van der Waals surface area contributed by atoms with E-state index in [9.17, 15) is 52.5 Å². The van der Waals surface area contributed by atoms with Gasteiger partial charge in [-0.1, -0.05) is 43.3 Å². The van der Waals surface area contributed by atoms with Gasteiger partial charge in [0.15, 0.2) is 34.7 Å². The molecule has 2 fully saturated rings. The van der Waals surface area contributed by atoms with Crippen LogP contribution < -0.4 is 5.73 Å². The van der Waals surface area contributed by atoms with Crippen LogP contribution in [-0.4, -0.2) is 81.1 Å². The number of nitrogens with two attached hydrogens (primary N) is 1. The zero-order chi connectivity index (χ0) is 32.6. The molecular weight excluding hydrogens is 585 g/mol. The van der Waals surface area contributed by atoms with Crippen molar-refractivity contribution in [2.24, 2.45) is 29.4 Å². The fraction of sp³-hybridized carbons (Fsp3) is 0.387. The van der Waals surface area contributed by atoms with Crippen LogP contribution >= 0.6 is 0 Å². The van der Waals surface area contributed by atoms with Gasteiger partial charge in [-0.25, -0.2) is 0 Å². The number of carbonyl (C=O) groups is 5. The number of phenolic OH excluding ortho intramolecular Hbond substituents is 1. The lowest BCUT2D eigenvalue weighted by Gasteiger charge is -2.56. The van der Waals surface area contributed by atoms with Crippen LogP contribution in [0.1, 0.15) is 45.5 Å². The highest BCUT2D eigenvalue weighted by atomic mass is 19.4. The molecule has 0 bridgehead atoms. The zero-order valence-electron chi connectivity index (χ0n) is 23.7. The third kappa shape index (κ3) is 4.41. The van der Waals surface area contributed by atoms with Gasteiger partial charge in [0.1, 0.15) is 5.75 Å². The van der Waals surface area contributed by atoms with E-state index in [0.29, 0.717) is 5.56 Å². The SMILES string of the molecule is C[C@@H]1c2ccc(C=Cc3ccc(C(F)(F)F)cc3)c(O)c2C(=O)C2C(=O)[C@@]3(O)C(=O)C(C(N)=O)C(=O)[C@H](N(C)C)[C@H]3[C@H](O)[C@H]21. The number of benzene rings is 2. The number of nitrogens with zero attached hydrogens (tertiary/aromatic N) is 1. The minimum atomic E-state index is -4.52. The maximum atomic E-state index is 14.0. The van der Waals surface area contributed by atoms with Crippen LogP contribution in [0.15, 0.2) is 36.4 Å². The predicted molar refractivity (Wildman–Crippen MR) is 148 cm³/mol. The molecule has 1 amide bonds. The summed E-state index contributed by atoms with van der Waals surface area (Å²) < 4.78 is 38.7. The number of fused-ring (bicyclic) bond motifs is 3. The van der Waals surface area contributed by atoms with Crippen molar-refractivity contribution in [1.29, 1.82) is 0 Å². The summed E-state index contributed by atoms with van der Waals surface area (Å²) >= 11 is 0. The molecule has 0 aromatic heterocycles. The molecule has 44 heavy (non-hydrogen) atoms. The second kappa shape index (κ2) is 10.5. The first-order chi connectivity index (χ1) is 20.4. The largest absolute Gasteiger partial charge is 0.507 e. The lowest BCUT2D eigenvalue weighted by Crippen LogP contribution is -2.77. The summed E-state index contributed by atoms with van der Waals surface area (Å²) in [4.78, 5) is 68.0. The summed E-state index contributed by atoms with van der Waals surface area (Å²) in [6, 6.07) is 5.71. The number of ketones is 4. The fourth-order valence-corrected chi connectivity index (χ4v) is 7.11. The number of aliphatic hydroxyl groups excluding tert-OH is 1. The molecule has 232 valence electrons. The number of hydrogen-bond acceptors (Lipinski definition) is 9. The van der Waals surface area contributed by atoms with Crippen LogP contribution in [0.25, 0.3) is 12.2 Å². The van der Waals surface area contributed by atoms with Gasteiger partial charge in [0.25, 0.3) is 0 Å². The summed E-state index contributed by atoms with van der Waals surface area (Å²) in [7, 11) is 2.81. The second-order valence-electron chi connectivity index (χ2n) is 11.8. The third-order valence-corrected chi connectivity index (χ3v) is 9.21. The Morgan fingerprint density at radius 2 is 1.61 bits per heavy atom. The Labute approximate surface area is 249 Å². The van der Waals surface area contributed by atoms with Crippen molar-refractivity contribution in [2.75, 3.05) is 14.1 Å². The van der Waals surface area contributed by atoms with E-state index in [1.54, 1.807) is 6.92 Å². The van der Waals surface area contributed by atoms with E-state index in [4.69, 9.17) is 5.73 Å². The fourth-order valence-electron chi connectivity index (χ4n) is 7.11. The maximum absolute atomic E-state index is 14.0. The first-order valence-corrected chi connectivity index (χ1v) is 13.7. The van der Waals surface area contributed by atoms with E-state index in [0.717, 1.165) is 12.1 Å². The highest BCUT2D eigenvalue weighted by Gasteiger charge is 2.72. The topological polar surface area (TPSA) is 175 Å². The molecule has 2 unspecified atom stereocenters. The van der Waals surface area contributed by atoms with Crippen molar-refractivity contribution in [3.8, 4) is 5.75 Å². The number of amides is 1. The molecule has 8 atom stereocenters. The van der Waals surface area contributed by atoms with Crippen molar-refractivity contribution in [1.82, 2.24) is 4.90 Å². The molecular formula is C31H29F3N2O8. The van der Waals surface area contributed by atoms with Crippen LogP contribution in [0.2, 0.25) is 0 Å². The molecule has 0 radical (unpaired) electrons. The number of aromatic hydroxyl groups is 1. The quantitative estimate of drug-likeness (QED) is 0.294. The van der Waals surface area contributed by atoms with E-state index in [1.807, 2.05) is 0 Å². The number of carbonyl (C=O) groups excluding carboxylic acids is 5. The Morgan fingerprint density at radius 1 is 1.00 bits per heavy atom. The van der Waals surface area contributed by atoms with Gasteiger partial charge in [-0.15, -0.1) is 0 Å². The lowest BCUT2D eigenvalue weighted by atomic mass is 9.49. The number of primary amides is 1. The normalized spacial score (nSPS) is 32.1. The standard InChI is InChI=1S/C31H29F3N2O8/c1-12-16-11-8-14(7-4-13-5-9-15(10-6-13)31(32,33)34)23(37)18(16)24(38)19-17(12)25(39)21-22(36(2)3)26(40)20(29(35)43)28(42)30(21,44)27(19)41/h4-12,17,19-22,25,37,39,44H,1-3H3,(H2,35,43)/t12-,17+,19?,20?,21+,22-,25-,30-/m1/s1. The molecule has 0 aliphatic heterocycles. The molecule has 0 spiro atoms. The lowest BCUT2D eigenvalue weighted by molar-refractivity contribution is -0.196. The van der Waals surface area contributed by atoms with Crippen molar-refractivity contribution < 1.29 is 52.5 Å². The average Bonchev–Trinajstić information content (AvgIpc) is 2.93. The van der Waals surface area contributed by atoms with Crippen LogP contribution in [0, 0.1) is 23.7 Å². The Bertz CT molecular complexity index is 1630. The number of hydrogen-bond donors (Lipinski definition) is 4. The van der Waals surface area contributed by atoms with Gasteiger partial charge < -0.3 is 21.1 Å². The van der Waals surface area contributed by atoms with E-state index < -0.39 is 93.9 Å². The number of phenols is 1. The third-order valence-electron chi connectivity index (χ3n) is 9.21. The van der Waals surface area contributed by atoms with Gasteiger partial charge in [0, 0.05) is 11.5 Å². The van der Waals surface area contributed by atoms with Crippen LogP contribution in [-0.2, 0) is 25.4 Å². The summed E-state index contributed by atoms with van der Waals surface area (Å²) in [5, 5.41) is 34.5. The molecule has 0 heterocycles. The van der Waals surface area contributed by atoms with Crippen molar-refractivity contribution in [2.45, 2.75) is 36.8 Å². The summed E-state index contributed by atoms with van der Waals surface area (Å²) in [6.45, 7) is 1.59. The van der Waals surface area contributed by atoms with Gasteiger partial charge in [0.2, 0.25) is 5.91 Å². The minimum absolute atomic E-state index is 0.0869. The van der Waals surface area contributed by atoms with Gasteiger partial charge in [-0.2, -0.15) is 13.2 Å². The van der Waals surface area contributed by atoms with Crippen molar-refractivity contribution in [3.05, 3.63) is 64.2 Å². The Morgan fingerprint density at radius 3 is 2.16 bits per heavy atom. The molecule has 3 aliphatic carbocycles. The number of alkyl halides is 3. The summed E-state index contributed by atoms with van der Waals surface area (Å²) in [5.74, 6) is -14.4. The molecule has 10 nitrogen and oxygen atoms in total. The predicted octanol–water partition coefficient (Wildman–Crippen LogP) is 1.59. The van der Waals surface area contributed by atoms with E-state index in [2.05, 4.69) is 0 Å². The number of aliphatic hydroxyl groups is 2. The molecule has 5 rings (SSSR count). The van der Waals surface area contributed by atoms with Gasteiger partial charge in [0.05, 0.1) is 35.1 Å². The van der Waals surface area contributed by atoms with Gasteiger partial charge >= 0.3 is 6.18 Å². The monoisotopic (exact) mass is 614 g/mol. The number of Topliss-reactive ketones (excluding diaryl/α,β-unsaturated/α-hetero) is 4. The molecule has 2 aromatic rings. The maximum Gasteiger partial charge on any atom is 0.416 e. The molecule has 0 saturated heterocycles. The Kier molecular flexibility index (Phi) is 7.43. The van der Waals surface area contributed by atoms with Gasteiger partial charge in [-0.3, -0.25) is 28.9 Å². The van der Waals surface area contributed by atoms with Crippen LogP contribution in [0.5, 0.6) is 5.75 Å². The molecule has 3 aliphatic rings. The summed E-state index contributed by atoms with van der Waals surface area (Å²) in [6.07, 6.45) is -3.49. The number of halogens is 3. The van der Waals surface area contributed by atoms with Crippen LogP contribution in [0.4, 0.5) is 13.2 Å². The van der Waals surface area contributed by atoms with Gasteiger partial charge in [-0.05, 0) is 43.3 Å². The Hall–Kier alpha value is -4.20. The van der Waals surface area contributed by atoms with E-state index in [1.165, 1.54) is 55.4 Å². The first-order valence-electron chi connectivity index (χ1n) is 13.7. The smallest absolute Gasteiger partial charge is 0.416 e. The number of likely N-dealkylation sites (N-methyl/N-ethyl adjacent to an activating group) is 1. The zero-order valence-corrected chi connectivity index (χ0v) is 23.7. The molecule has 2 aromatic carbocycles. The second-order valence-corrected chi connectivity index (χ2v) is 11.8. The first kappa shape index (κ1) is 31.2. The minimum Gasteiger partial charge on any atom is -0.507 e. The average molecular weight is 615 g/mol. The molecule has 2 saturated carbocycles. The Balaban J connectivity index is 1.58. The summed E-state index contributed by atoms with van der Waals surface area (Å²) in [5.41, 5.74) is 1.79.